The Morgan fingerprint density at radius 1 is 1.14 bits per heavy atom. The van der Waals surface area contributed by atoms with Gasteiger partial charge in [-0.1, -0.05) is 52.9 Å². The van der Waals surface area contributed by atoms with Gasteiger partial charge in [0, 0.05) is 30.4 Å². The fourth-order valence-electron chi connectivity index (χ4n) is 2.23. The summed E-state index contributed by atoms with van der Waals surface area (Å²) in [7, 11) is -0.636. The number of amides is 1. The molecule has 0 saturated carbocycles. The molecule has 0 bridgehead atoms. The molecule has 7 nitrogen and oxygen atoms in total. The minimum absolute atomic E-state index is 0.119. The molecule has 11 heteroatoms. The third-order valence-corrected chi connectivity index (χ3v) is 8.05. The topological polar surface area (TPSA) is 92.3 Å². The second-order valence-corrected chi connectivity index (χ2v) is 10.8. The van der Waals surface area contributed by atoms with Gasteiger partial charge in [0.15, 0.2) is 4.34 Å². The summed E-state index contributed by atoms with van der Waals surface area (Å²) >= 11 is 8.88. The SMILES string of the molecule is CN(C)S(=O)(=O)c1ccc(C(=O)Nc2nnc(SCc3ccccc3Cl)s2)cc1. The number of carbonyl (C=O) groups is 1. The van der Waals surface area contributed by atoms with Gasteiger partial charge in [-0.25, -0.2) is 12.7 Å². The molecule has 1 aromatic heterocycles. The van der Waals surface area contributed by atoms with Crippen LogP contribution in [-0.4, -0.2) is 42.9 Å². The van der Waals surface area contributed by atoms with E-state index in [1.165, 1.54) is 61.5 Å². The number of rotatable bonds is 7. The number of aromatic nitrogens is 2. The van der Waals surface area contributed by atoms with Gasteiger partial charge in [0.25, 0.3) is 5.91 Å². The van der Waals surface area contributed by atoms with Crippen LogP contribution in [0.4, 0.5) is 5.13 Å². The van der Waals surface area contributed by atoms with Gasteiger partial charge < -0.3 is 0 Å². The van der Waals surface area contributed by atoms with Crippen LogP contribution in [0.3, 0.4) is 0 Å². The van der Waals surface area contributed by atoms with E-state index in [0.717, 1.165) is 9.87 Å². The number of hydrogen-bond acceptors (Lipinski definition) is 7. The first-order valence-electron chi connectivity index (χ1n) is 8.31. The van der Waals surface area contributed by atoms with Crippen molar-refractivity contribution in [3.05, 3.63) is 64.7 Å². The van der Waals surface area contributed by atoms with E-state index in [0.29, 0.717) is 25.8 Å². The zero-order valence-corrected chi connectivity index (χ0v) is 18.7. The lowest BCUT2D eigenvalue weighted by atomic mass is 10.2. The van der Waals surface area contributed by atoms with Crippen molar-refractivity contribution >= 4 is 55.8 Å². The summed E-state index contributed by atoms with van der Waals surface area (Å²) in [5.74, 6) is 0.252. The van der Waals surface area contributed by atoms with Crippen LogP contribution < -0.4 is 5.32 Å². The first-order valence-corrected chi connectivity index (χ1v) is 11.9. The van der Waals surface area contributed by atoms with Gasteiger partial charge >= 0.3 is 0 Å². The minimum Gasteiger partial charge on any atom is -0.296 e. The second kappa shape index (κ2) is 9.23. The van der Waals surface area contributed by atoms with E-state index in [1.54, 1.807) is 0 Å². The molecule has 0 aliphatic rings. The highest BCUT2D eigenvalue weighted by atomic mass is 35.5. The smallest absolute Gasteiger partial charge is 0.257 e. The summed E-state index contributed by atoms with van der Waals surface area (Å²) in [6, 6.07) is 13.3. The first-order chi connectivity index (χ1) is 13.8. The number of nitrogens with one attached hydrogen (secondary N) is 1. The summed E-state index contributed by atoms with van der Waals surface area (Å²) in [5, 5.41) is 11.8. The molecule has 3 rings (SSSR count). The molecule has 3 aromatic rings. The van der Waals surface area contributed by atoms with Gasteiger partial charge in [0.05, 0.1) is 4.90 Å². The molecule has 1 N–H and O–H groups in total. The van der Waals surface area contributed by atoms with Crippen molar-refractivity contribution in [3.63, 3.8) is 0 Å². The highest BCUT2D eigenvalue weighted by Gasteiger charge is 2.18. The first kappa shape index (κ1) is 21.7. The average molecular weight is 469 g/mol. The number of benzene rings is 2. The average Bonchev–Trinajstić information content (AvgIpc) is 3.14. The van der Waals surface area contributed by atoms with E-state index >= 15 is 0 Å². The van der Waals surface area contributed by atoms with E-state index in [1.807, 2.05) is 24.3 Å². The van der Waals surface area contributed by atoms with Gasteiger partial charge in [-0.2, -0.15) is 0 Å². The van der Waals surface area contributed by atoms with Crippen molar-refractivity contribution in [2.24, 2.45) is 0 Å². The molecule has 0 spiro atoms. The van der Waals surface area contributed by atoms with Crippen molar-refractivity contribution in [2.75, 3.05) is 19.4 Å². The highest BCUT2D eigenvalue weighted by Crippen LogP contribution is 2.30. The Labute approximate surface area is 182 Å². The summed E-state index contributed by atoms with van der Waals surface area (Å²) in [4.78, 5) is 12.5. The monoisotopic (exact) mass is 468 g/mol. The molecule has 0 atom stereocenters. The van der Waals surface area contributed by atoms with E-state index in [4.69, 9.17) is 11.6 Å². The lowest BCUT2D eigenvalue weighted by Crippen LogP contribution is -2.22. The number of nitrogens with zero attached hydrogens (tertiary/aromatic N) is 3. The van der Waals surface area contributed by atoms with Gasteiger partial charge in [-0.3, -0.25) is 10.1 Å². The fourth-order valence-corrected chi connectivity index (χ4v) is 5.17. The van der Waals surface area contributed by atoms with Gasteiger partial charge in [-0.05, 0) is 35.9 Å². The lowest BCUT2D eigenvalue weighted by Gasteiger charge is -2.11. The minimum atomic E-state index is -3.54. The largest absolute Gasteiger partial charge is 0.296 e. The Morgan fingerprint density at radius 3 is 2.48 bits per heavy atom. The fraction of sp³-hybridized carbons (Fsp3) is 0.167. The van der Waals surface area contributed by atoms with Crippen molar-refractivity contribution in [1.82, 2.24) is 14.5 Å². The third kappa shape index (κ3) is 5.34. The van der Waals surface area contributed by atoms with E-state index in [-0.39, 0.29) is 4.90 Å². The summed E-state index contributed by atoms with van der Waals surface area (Å²) in [5.41, 5.74) is 1.32. The quantitative estimate of drug-likeness (QED) is 0.416. The van der Waals surface area contributed by atoms with Crippen LogP contribution in [0.1, 0.15) is 15.9 Å². The van der Waals surface area contributed by atoms with Gasteiger partial charge in [0.2, 0.25) is 15.2 Å². The predicted octanol–water partition coefficient (Wildman–Crippen LogP) is 3.99. The van der Waals surface area contributed by atoms with Crippen LogP contribution >= 0.6 is 34.7 Å². The van der Waals surface area contributed by atoms with Crippen molar-refractivity contribution in [2.45, 2.75) is 15.0 Å². The molecule has 152 valence electrons. The number of hydrogen-bond donors (Lipinski definition) is 1. The zero-order valence-electron chi connectivity index (χ0n) is 15.5. The Morgan fingerprint density at radius 2 is 1.83 bits per heavy atom. The zero-order chi connectivity index (χ0) is 21.0. The number of anilines is 1. The van der Waals surface area contributed by atoms with Gasteiger partial charge in [0.1, 0.15) is 0 Å². The molecule has 0 aliphatic heterocycles. The number of halogens is 1. The number of sulfonamides is 1. The Bertz CT molecular complexity index is 1120. The predicted molar refractivity (Wildman–Crippen MR) is 116 cm³/mol. The third-order valence-electron chi connectivity index (χ3n) is 3.83. The molecule has 0 radical (unpaired) electrons. The Hall–Kier alpha value is -1.98. The number of carbonyl (C=O) groups excluding carboxylic acids is 1. The molecule has 2 aromatic carbocycles. The van der Waals surface area contributed by atoms with Gasteiger partial charge in [-0.15, -0.1) is 10.2 Å². The maximum Gasteiger partial charge on any atom is 0.257 e. The molecular formula is C18H17ClN4O3S3. The molecule has 0 saturated heterocycles. The molecule has 29 heavy (non-hydrogen) atoms. The summed E-state index contributed by atoms with van der Waals surface area (Å²) in [6.45, 7) is 0. The highest BCUT2D eigenvalue weighted by molar-refractivity contribution is 8.00. The number of thioether (sulfide) groups is 1. The maximum atomic E-state index is 12.4. The lowest BCUT2D eigenvalue weighted by molar-refractivity contribution is 0.102. The van der Waals surface area contributed by atoms with Crippen LogP contribution in [0.25, 0.3) is 0 Å². The van der Waals surface area contributed by atoms with Crippen molar-refractivity contribution in [3.8, 4) is 0 Å². The van der Waals surface area contributed by atoms with Crippen molar-refractivity contribution < 1.29 is 13.2 Å². The van der Waals surface area contributed by atoms with E-state index in [2.05, 4.69) is 15.5 Å². The molecule has 1 heterocycles. The Kier molecular flexibility index (Phi) is 6.91. The molecule has 0 unspecified atom stereocenters. The maximum absolute atomic E-state index is 12.4. The van der Waals surface area contributed by atoms with E-state index < -0.39 is 15.9 Å². The van der Waals surface area contributed by atoms with Crippen LogP contribution in [0.5, 0.6) is 0 Å². The second-order valence-electron chi connectivity index (χ2n) is 6.02. The van der Waals surface area contributed by atoms with E-state index in [9.17, 15) is 13.2 Å². The molecule has 0 aliphatic carbocycles. The summed E-state index contributed by atoms with van der Waals surface area (Å²) in [6.07, 6.45) is 0. The van der Waals surface area contributed by atoms with Crippen LogP contribution in [0.15, 0.2) is 57.8 Å². The van der Waals surface area contributed by atoms with Crippen LogP contribution in [0, 0.1) is 0 Å². The standard InChI is InChI=1S/C18H17ClN4O3S3/c1-23(2)29(25,26)14-9-7-12(8-10-14)16(24)20-17-21-22-18(28-17)27-11-13-5-3-4-6-15(13)19/h3-10H,11H2,1-2H3,(H,20,21,24). The normalized spacial score (nSPS) is 11.6. The van der Waals surface area contributed by atoms with Crippen LogP contribution in [0.2, 0.25) is 5.02 Å². The van der Waals surface area contributed by atoms with Crippen molar-refractivity contribution in [1.29, 1.82) is 0 Å². The van der Waals surface area contributed by atoms with Crippen LogP contribution in [-0.2, 0) is 15.8 Å². The summed E-state index contributed by atoms with van der Waals surface area (Å²) < 4.78 is 26.0. The molecular weight excluding hydrogens is 452 g/mol. The molecule has 0 fully saturated rings. The Balaban J connectivity index is 1.62. The molecule has 1 amide bonds.